The first-order valence-electron chi connectivity index (χ1n) is 5.99. The predicted octanol–water partition coefficient (Wildman–Crippen LogP) is 3.31. The van der Waals surface area contributed by atoms with Crippen molar-refractivity contribution >= 4 is 16.6 Å². The second kappa shape index (κ2) is 4.57. The fourth-order valence-corrected chi connectivity index (χ4v) is 1.88. The van der Waals surface area contributed by atoms with Crippen molar-refractivity contribution in [3.8, 4) is 11.6 Å². The number of rotatable bonds is 2. The molecule has 4 nitrogen and oxygen atoms in total. The maximum absolute atomic E-state index is 5.80. The average Bonchev–Trinajstić information content (AvgIpc) is 2.43. The van der Waals surface area contributed by atoms with Gasteiger partial charge < -0.3 is 10.5 Å². The van der Waals surface area contributed by atoms with E-state index in [2.05, 4.69) is 9.97 Å². The van der Waals surface area contributed by atoms with Gasteiger partial charge >= 0.3 is 0 Å². The smallest absolute Gasteiger partial charge is 0.219 e. The zero-order valence-corrected chi connectivity index (χ0v) is 10.5. The van der Waals surface area contributed by atoms with Crippen LogP contribution in [-0.4, -0.2) is 9.97 Å². The Kier molecular flexibility index (Phi) is 2.76. The van der Waals surface area contributed by atoms with Crippen molar-refractivity contribution in [3.63, 3.8) is 0 Å². The van der Waals surface area contributed by atoms with Crippen LogP contribution in [-0.2, 0) is 0 Å². The summed E-state index contributed by atoms with van der Waals surface area (Å²) in [4.78, 5) is 8.64. The second-order valence-corrected chi connectivity index (χ2v) is 4.26. The third kappa shape index (κ3) is 2.20. The van der Waals surface area contributed by atoms with Crippen molar-refractivity contribution < 1.29 is 4.74 Å². The molecule has 0 amide bonds. The van der Waals surface area contributed by atoms with Gasteiger partial charge in [-0.25, -0.2) is 4.98 Å². The van der Waals surface area contributed by atoms with Crippen molar-refractivity contribution in [1.82, 2.24) is 9.97 Å². The van der Waals surface area contributed by atoms with Gasteiger partial charge in [-0.15, -0.1) is 0 Å². The number of aromatic nitrogens is 2. The number of hydrogen-bond donors (Lipinski definition) is 1. The van der Waals surface area contributed by atoms with Gasteiger partial charge in [0.05, 0.1) is 11.4 Å². The highest BCUT2D eigenvalue weighted by atomic mass is 16.5. The largest absolute Gasteiger partial charge is 0.437 e. The summed E-state index contributed by atoms with van der Waals surface area (Å²) in [7, 11) is 0. The summed E-state index contributed by atoms with van der Waals surface area (Å²) in [6, 6.07) is 13.2. The molecule has 4 heteroatoms. The molecule has 0 unspecified atom stereocenters. The van der Waals surface area contributed by atoms with Crippen LogP contribution in [0, 0.1) is 6.92 Å². The van der Waals surface area contributed by atoms with Crippen molar-refractivity contribution in [1.29, 1.82) is 0 Å². The van der Waals surface area contributed by atoms with E-state index in [1.54, 1.807) is 18.3 Å². The molecule has 0 spiro atoms. The molecule has 0 bridgehead atoms. The zero-order chi connectivity index (χ0) is 13.2. The number of aryl methyl sites for hydroxylation is 1. The monoisotopic (exact) mass is 251 g/mol. The van der Waals surface area contributed by atoms with Crippen LogP contribution in [0.3, 0.4) is 0 Å². The molecule has 0 radical (unpaired) electrons. The molecule has 2 N–H and O–H groups in total. The Balaban J connectivity index is 2.03. The highest BCUT2D eigenvalue weighted by Crippen LogP contribution is 2.27. The van der Waals surface area contributed by atoms with Gasteiger partial charge in [-0.05, 0) is 25.1 Å². The first-order chi connectivity index (χ1) is 9.24. The van der Waals surface area contributed by atoms with E-state index in [1.807, 2.05) is 37.3 Å². The van der Waals surface area contributed by atoms with Crippen LogP contribution in [0.5, 0.6) is 11.6 Å². The van der Waals surface area contributed by atoms with Crippen molar-refractivity contribution in [2.75, 3.05) is 5.73 Å². The minimum Gasteiger partial charge on any atom is -0.437 e. The Bertz CT molecular complexity index is 735. The quantitative estimate of drug-likeness (QED) is 0.759. The number of fused-ring (bicyclic) bond motifs is 1. The van der Waals surface area contributed by atoms with Gasteiger partial charge in [0.1, 0.15) is 5.52 Å². The zero-order valence-electron chi connectivity index (χ0n) is 10.5. The van der Waals surface area contributed by atoms with Crippen LogP contribution in [0.15, 0.2) is 48.7 Å². The molecule has 0 fully saturated rings. The standard InChI is InChI=1S/C15H13N3O/c1-10-12(16)7-8-14(18-10)19-13-6-2-4-11-5-3-9-17-15(11)13/h2-9H,16H2,1H3. The molecular weight excluding hydrogens is 238 g/mol. The van der Waals surface area contributed by atoms with Gasteiger partial charge in [0.2, 0.25) is 5.88 Å². The summed E-state index contributed by atoms with van der Waals surface area (Å²) in [5, 5.41) is 1.03. The number of hydrogen-bond acceptors (Lipinski definition) is 4. The molecule has 0 aliphatic heterocycles. The van der Waals surface area contributed by atoms with Crippen LogP contribution >= 0.6 is 0 Å². The summed E-state index contributed by atoms with van der Waals surface area (Å²) in [6.07, 6.45) is 1.75. The van der Waals surface area contributed by atoms with Gasteiger partial charge in [-0.1, -0.05) is 18.2 Å². The van der Waals surface area contributed by atoms with Gasteiger partial charge in [-0.3, -0.25) is 4.98 Å². The minimum atomic E-state index is 0.518. The molecule has 19 heavy (non-hydrogen) atoms. The Labute approximate surface area is 110 Å². The lowest BCUT2D eigenvalue weighted by atomic mass is 10.2. The molecule has 0 atom stereocenters. The van der Waals surface area contributed by atoms with Crippen LogP contribution < -0.4 is 10.5 Å². The van der Waals surface area contributed by atoms with E-state index in [4.69, 9.17) is 10.5 Å². The maximum Gasteiger partial charge on any atom is 0.219 e. The first-order valence-corrected chi connectivity index (χ1v) is 5.99. The highest BCUT2D eigenvalue weighted by molar-refractivity contribution is 5.84. The van der Waals surface area contributed by atoms with Gasteiger partial charge in [0.25, 0.3) is 0 Å². The van der Waals surface area contributed by atoms with Crippen LogP contribution in [0.2, 0.25) is 0 Å². The summed E-state index contributed by atoms with van der Waals surface area (Å²) < 4.78 is 5.80. The number of benzene rings is 1. The Morgan fingerprint density at radius 2 is 1.89 bits per heavy atom. The summed E-state index contributed by atoms with van der Waals surface area (Å²) in [6.45, 7) is 1.85. The fourth-order valence-electron chi connectivity index (χ4n) is 1.88. The predicted molar refractivity (Wildman–Crippen MR) is 75.2 cm³/mol. The van der Waals surface area contributed by atoms with Crippen LogP contribution in [0.4, 0.5) is 5.69 Å². The van der Waals surface area contributed by atoms with E-state index in [0.717, 1.165) is 16.6 Å². The Hall–Kier alpha value is -2.62. The SMILES string of the molecule is Cc1nc(Oc2cccc3cccnc23)ccc1N. The normalized spacial score (nSPS) is 10.6. The number of para-hydroxylation sites is 1. The topological polar surface area (TPSA) is 61.0 Å². The van der Waals surface area contributed by atoms with Crippen molar-refractivity contribution in [2.24, 2.45) is 0 Å². The van der Waals surface area contributed by atoms with E-state index in [0.29, 0.717) is 17.3 Å². The summed E-state index contributed by atoms with van der Waals surface area (Å²) in [5.74, 6) is 1.21. The highest BCUT2D eigenvalue weighted by Gasteiger charge is 2.06. The molecule has 2 heterocycles. The molecule has 3 aromatic rings. The lowest BCUT2D eigenvalue weighted by molar-refractivity contribution is 0.466. The first kappa shape index (κ1) is 11.5. The number of ether oxygens (including phenoxy) is 1. The van der Waals surface area contributed by atoms with E-state index in [-0.39, 0.29) is 0 Å². The summed E-state index contributed by atoms with van der Waals surface area (Å²) >= 11 is 0. The molecule has 1 aromatic carbocycles. The molecular formula is C15H13N3O. The number of anilines is 1. The molecule has 0 aliphatic rings. The lowest BCUT2D eigenvalue weighted by Gasteiger charge is -2.08. The Morgan fingerprint density at radius 1 is 1.05 bits per heavy atom. The number of nitrogen functional groups attached to an aromatic ring is 1. The van der Waals surface area contributed by atoms with Gasteiger partial charge in [-0.2, -0.15) is 0 Å². The van der Waals surface area contributed by atoms with Crippen molar-refractivity contribution in [2.45, 2.75) is 6.92 Å². The van der Waals surface area contributed by atoms with Crippen LogP contribution in [0.25, 0.3) is 10.9 Å². The van der Waals surface area contributed by atoms with E-state index < -0.39 is 0 Å². The van der Waals surface area contributed by atoms with E-state index in [1.165, 1.54) is 0 Å². The second-order valence-electron chi connectivity index (χ2n) is 4.26. The third-order valence-corrected chi connectivity index (χ3v) is 2.91. The van der Waals surface area contributed by atoms with Crippen LogP contribution in [0.1, 0.15) is 5.69 Å². The van der Waals surface area contributed by atoms with E-state index >= 15 is 0 Å². The number of nitrogens with two attached hydrogens (primary N) is 1. The molecule has 0 aliphatic carbocycles. The minimum absolute atomic E-state index is 0.518. The fraction of sp³-hybridized carbons (Fsp3) is 0.0667. The molecule has 0 saturated carbocycles. The third-order valence-electron chi connectivity index (χ3n) is 2.91. The summed E-state index contributed by atoms with van der Waals surface area (Å²) in [5.41, 5.74) is 7.97. The lowest BCUT2D eigenvalue weighted by Crippen LogP contribution is -1.95. The average molecular weight is 251 g/mol. The molecule has 3 rings (SSSR count). The van der Waals surface area contributed by atoms with Crippen molar-refractivity contribution in [3.05, 3.63) is 54.4 Å². The number of pyridine rings is 2. The van der Waals surface area contributed by atoms with Gasteiger partial charge in [0, 0.05) is 17.6 Å². The van der Waals surface area contributed by atoms with Gasteiger partial charge in [0.15, 0.2) is 5.75 Å². The molecule has 94 valence electrons. The maximum atomic E-state index is 5.80. The molecule has 2 aromatic heterocycles. The Morgan fingerprint density at radius 3 is 2.74 bits per heavy atom. The van der Waals surface area contributed by atoms with E-state index in [9.17, 15) is 0 Å². The molecule has 0 saturated heterocycles. The number of nitrogens with zero attached hydrogens (tertiary/aromatic N) is 2.